The summed E-state index contributed by atoms with van der Waals surface area (Å²) in [4.78, 5) is 13.8. The maximum atomic E-state index is 11.4. The highest BCUT2D eigenvalue weighted by atomic mass is 16.4. The van der Waals surface area contributed by atoms with Gasteiger partial charge in [-0.2, -0.15) is 0 Å². The minimum absolute atomic E-state index is 0.390. The predicted molar refractivity (Wildman–Crippen MR) is 86.2 cm³/mol. The lowest BCUT2D eigenvalue weighted by atomic mass is 10.0. The van der Waals surface area contributed by atoms with Crippen molar-refractivity contribution < 1.29 is 9.90 Å². The molecule has 3 nitrogen and oxygen atoms in total. The fourth-order valence-corrected chi connectivity index (χ4v) is 3.23. The van der Waals surface area contributed by atoms with Crippen LogP contribution in [0.1, 0.15) is 42.5 Å². The molecule has 3 rings (SSSR count). The zero-order chi connectivity index (χ0) is 14.7. The Morgan fingerprint density at radius 1 is 0.857 bits per heavy atom. The number of aromatic carboxylic acids is 1. The van der Waals surface area contributed by atoms with Crippen LogP contribution >= 0.6 is 0 Å². The Hall–Kier alpha value is -2.03. The summed E-state index contributed by atoms with van der Waals surface area (Å²) >= 11 is 0. The summed E-state index contributed by atoms with van der Waals surface area (Å²) in [5.74, 6) is -0.856. The molecule has 0 radical (unpaired) electrons. The van der Waals surface area contributed by atoms with Gasteiger partial charge in [0.05, 0.1) is 5.56 Å². The van der Waals surface area contributed by atoms with Gasteiger partial charge in [-0.3, -0.25) is 0 Å². The van der Waals surface area contributed by atoms with Gasteiger partial charge in [-0.25, -0.2) is 4.79 Å². The third-order valence-corrected chi connectivity index (χ3v) is 4.33. The van der Waals surface area contributed by atoms with Crippen molar-refractivity contribution in [2.75, 3.05) is 18.0 Å². The van der Waals surface area contributed by atoms with Crippen molar-refractivity contribution in [2.45, 2.75) is 32.1 Å². The monoisotopic (exact) mass is 283 g/mol. The zero-order valence-electron chi connectivity index (χ0n) is 12.2. The molecule has 1 aliphatic heterocycles. The molecule has 1 saturated heterocycles. The maximum absolute atomic E-state index is 11.4. The molecule has 1 N–H and O–H groups in total. The largest absolute Gasteiger partial charge is 0.478 e. The van der Waals surface area contributed by atoms with E-state index >= 15 is 0 Å². The minimum atomic E-state index is -0.856. The number of carboxylic acid groups (broad SMARTS) is 1. The summed E-state index contributed by atoms with van der Waals surface area (Å²) in [6.45, 7) is 2.13. The van der Waals surface area contributed by atoms with Crippen LogP contribution in [-0.2, 0) is 0 Å². The zero-order valence-corrected chi connectivity index (χ0v) is 12.2. The second-order valence-corrected chi connectivity index (χ2v) is 5.74. The van der Waals surface area contributed by atoms with E-state index in [2.05, 4.69) is 4.90 Å². The molecular formula is C18H21NO2. The molecular weight excluding hydrogens is 262 g/mol. The third-order valence-electron chi connectivity index (χ3n) is 4.33. The molecule has 2 aromatic carbocycles. The topological polar surface area (TPSA) is 40.5 Å². The minimum Gasteiger partial charge on any atom is -0.478 e. The number of nitrogens with zero attached hydrogens (tertiary/aromatic N) is 1. The summed E-state index contributed by atoms with van der Waals surface area (Å²) in [6.07, 6.45) is 6.36. The molecule has 0 saturated carbocycles. The highest BCUT2D eigenvalue weighted by Gasteiger charge is 2.15. The molecule has 21 heavy (non-hydrogen) atoms. The highest BCUT2D eigenvalue weighted by molar-refractivity contribution is 6.07. The number of carbonyl (C=O) groups is 1. The van der Waals surface area contributed by atoms with E-state index in [0.29, 0.717) is 5.56 Å². The first-order valence-electron chi connectivity index (χ1n) is 7.77. The lowest BCUT2D eigenvalue weighted by Crippen LogP contribution is -2.27. The van der Waals surface area contributed by atoms with E-state index in [1.54, 1.807) is 6.07 Å². The van der Waals surface area contributed by atoms with Crippen molar-refractivity contribution in [1.29, 1.82) is 0 Å². The van der Waals surface area contributed by atoms with Crippen LogP contribution in [-0.4, -0.2) is 24.2 Å². The number of carboxylic acids is 1. The second-order valence-electron chi connectivity index (χ2n) is 5.74. The molecule has 2 aromatic rings. The predicted octanol–water partition coefficient (Wildman–Crippen LogP) is 4.31. The molecule has 1 aliphatic rings. The van der Waals surface area contributed by atoms with Crippen LogP contribution in [0.3, 0.4) is 0 Å². The van der Waals surface area contributed by atoms with Gasteiger partial charge in [0.25, 0.3) is 0 Å². The van der Waals surface area contributed by atoms with Gasteiger partial charge in [0, 0.05) is 24.2 Å². The van der Waals surface area contributed by atoms with Gasteiger partial charge in [0.15, 0.2) is 0 Å². The van der Waals surface area contributed by atoms with E-state index in [4.69, 9.17) is 0 Å². The van der Waals surface area contributed by atoms with Crippen molar-refractivity contribution in [1.82, 2.24) is 0 Å². The Morgan fingerprint density at radius 3 is 2.14 bits per heavy atom. The average Bonchev–Trinajstić information content (AvgIpc) is 2.46. The van der Waals surface area contributed by atoms with Crippen LogP contribution in [0.15, 0.2) is 36.4 Å². The molecule has 0 aromatic heterocycles. The molecule has 0 atom stereocenters. The summed E-state index contributed by atoms with van der Waals surface area (Å²) in [5.41, 5.74) is 1.57. The quantitative estimate of drug-likeness (QED) is 0.893. The fraction of sp³-hybridized carbons (Fsp3) is 0.389. The van der Waals surface area contributed by atoms with E-state index in [1.165, 1.54) is 37.8 Å². The van der Waals surface area contributed by atoms with Crippen LogP contribution in [0.4, 0.5) is 5.69 Å². The Kier molecular flexibility index (Phi) is 4.09. The van der Waals surface area contributed by atoms with E-state index < -0.39 is 5.97 Å². The Morgan fingerprint density at radius 2 is 1.48 bits per heavy atom. The summed E-state index contributed by atoms with van der Waals surface area (Å²) in [7, 11) is 0. The molecule has 110 valence electrons. The first-order valence-corrected chi connectivity index (χ1v) is 7.77. The van der Waals surface area contributed by atoms with Crippen LogP contribution < -0.4 is 4.90 Å². The maximum Gasteiger partial charge on any atom is 0.336 e. The van der Waals surface area contributed by atoms with Crippen LogP contribution in [0.2, 0.25) is 0 Å². The molecule has 0 amide bonds. The Labute approximate surface area is 125 Å². The van der Waals surface area contributed by atoms with Crippen molar-refractivity contribution in [3.8, 4) is 0 Å². The molecule has 0 spiro atoms. The molecule has 1 heterocycles. The molecule has 0 unspecified atom stereocenters. The molecule has 0 aliphatic carbocycles. The van der Waals surface area contributed by atoms with Gasteiger partial charge in [-0.15, -0.1) is 0 Å². The summed E-state index contributed by atoms with van der Waals surface area (Å²) in [6, 6.07) is 11.6. The third kappa shape index (κ3) is 2.87. The Balaban J connectivity index is 2.06. The first kappa shape index (κ1) is 13.9. The first-order chi connectivity index (χ1) is 10.3. The molecule has 3 heteroatoms. The number of fused-ring (bicyclic) bond motifs is 1. The highest BCUT2D eigenvalue weighted by Crippen LogP contribution is 2.30. The van der Waals surface area contributed by atoms with Crippen LogP contribution in [0, 0.1) is 0 Å². The van der Waals surface area contributed by atoms with E-state index in [1.807, 2.05) is 30.3 Å². The molecule has 0 bridgehead atoms. The van der Waals surface area contributed by atoms with Gasteiger partial charge < -0.3 is 10.0 Å². The second kappa shape index (κ2) is 6.17. The normalized spacial score (nSPS) is 16.5. The summed E-state index contributed by atoms with van der Waals surface area (Å²) < 4.78 is 0. The SMILES string of the molecule is O=C(O)c1ccc(N2CCCCCCC2)c2ccccc12. The lowest BCUT2D eigenvalue weighted by molar-refractivity contribution is 0.0699. The average molecular weight is 283 g/mol. The number of hydrogen-bond acceptors (Lipinski definition) is 2. The van der Waals surface area contributed by atoms with Gasteiger partial charge in [-0.1, -0.05) is 43.5 Å². The van der Waals surface area contributed by atoms with Gasteiger partial charge in [0.2, 0.25) is 0 Å². The standard InChI is InChI=1S/C18H21NO2/c20-18(21)16-10-11-17(15-9-5-4-8-14(15)16)19-12-6-2-1-3-7-13-19/h4-5,8-11H,1-3,6-7,12-13H2,(H,20,21). The van der Waals surface area contributed by atoms with E-state index in [0.717, 1.165) is 23.9 Å². The van der Waals surface area contributed by atoms with E-state index in [9.17, 15) is 9.90 Å². The number of hydrogen-bond donors (Lipinski definition) is 1. The molecule has 1 fully saturated rings. The van der Waals surface area contributed by atoms with Gasteiger partial charge in [0.1, 0.15) is 0 Å². The van der Waals surface area contributed by atoms with Crippen molar-refractivity contribution >= 4 is 22.4 Å². The van der Waals surface area contributed by atoms with Crippen LogP contribution in [0.5, 0.6) is 0 Å². The van der Waals surface area contributed by atoms with Crippen LogP contribution in [0.25, 0.3) is 10.8 Å². The fourth-order valence-electron chi connectivity index (χ4n) is 3.23. The number of benzene rings is 2. The van der Waals surface area contributed by atoms with Gasteiger partial charge in [-0.05, 0) is 30.4 Å². The number of rotatable bonds is 2. The Bertz CT molecular complexity index is 643. The smallest absolute Gasteiger partial charge is 0.336 e. The lowest BCUT2D eigenvalue weighted by Gasteiger charge is -2.28. The van der Waals surface area contributed by atoms with Gasteiger partial charge >= 0.3 is 5.97 Å². The van der Waals surface area contributed by atoms with E-state index in [-0.39, 0.29) is 0 Å². The van der Waals surface area contributed by atoms with Crippen molar-refractivity contribution in [3.05, 3.63) is 42.0 Å². The number of anilines is 1. The van der Waals surface area contributed by atoms with Crippen molar-refractivity contribution in [3.63, 3.8) is 0 Å². The summed E-state index contributed by atoms with van der Waals surface area (Å²) in [5, 5.41) is 11.2. The van der Waals surface area contributed by atoms with Crippen molar-refractivity contribution in [2.24, 2.45) is 0 Å².